The minimum absolute atomic E-state index is 0.248. The van der Waals surface area contributed by atoms with Crippen LogP contribution in [0.3, 0.4) is 0 Å². The van der Waals surface area contributed by atoms with E-state index in [1.54, 1.807) is 78.9 Å². The monoisotopic (exact) mass is 553 g/mol. The summed E-state index contributed by atoms with van der Waals surface area (Å²) in [4.78, 5) is 26.2. The number of rotatable bonds is 6. The highest BCUT2D eigenvalue weighted by Gasteiger charge is 2.21. The smallest absolute Gasteiger partial charge is 0.255 e. The Bertz CT molecular complexity index is 2000. The molecule has 0 radical (unpaired) electrons. The fourth-order valence-corrected chi connectivity index (χ4v) is 4.95. The third kappa shape index (κ3) is 5.16. The maximum Gasteiger partial charge on any atom is 0.255 e. The number of benzene rings is 5. The quantitative estimate of drug-likeness (QED) is 0.126. The summed E-state index contributed by atoms with van der Waals surface area (Å²) in [6.45, 7) is 0.269. The highest BCUT2D eigenvalue weighted by molar-refractivity contribution is 6.09. The van der Waals surface area contributed by atoms with E-state index in [2.05, 4.69) is 10.6 Å². The van der Waals surface area contributed by atoms with Gasteiger partial charge in [0.15, 0.2) is 0 Å². The standard InChI is InChI=1S/C34H27N5O3/c35-22-13-15-26-30(17-22)42-31-18-23(36)14-16-27(31)32(26)24-5-1-2-6-25(24)34(41)38-19-20-9-11-21(12-10-20)33(40)39-29-8-4-3-7-28(29)37/h1-18,35H,19,36-37H2,(H,38,41)(H,39,40). The van der Waals surface area contributed by atoms with Gasteiger partial charge in [0.1, 0.15) is 11.3 Å². The zero-order valence-electron chi connectivity index (χ0n) is 22.5. The van der Waals surface area contributed by atoms with Gasteiger partial charge in [-0.05, 0) is 65.7 Å². The first-order chi connectivity index (χ1) is 20.4. The predicted octanol–water partition coefficient (Wildman–Crippen LogP) is 6.03. The van der Waals surface area contributed by atoms with Crippen LogP contribution in [-0.4, -0.2) is 11.8 Å². The van der Waals surface area contributed by atoms with Gasteiger partial charge in [-0.1, -0.05) is 42.5 Å². The Balaban J connectivity index is 1.26. The molecule has 1 heterocycles. The molecule has 0 bridgehead atoms. The lowest BCUT2D eigenvalue weighted by molar-refractivity contribution is 0.0950. The molecule has 0 aromatic heterocycles. The minimum atomic E-state index is -0.272. The fourth-order valence-electron chi connectivity index (χ4n) is 4.95. The first kappa shape index (κ1) is 26.3. The highest BCUT2D eigenvalue weighted by Crippen LogP contribution is 2.41. The fraction of sp³-hybridized carbons (Fsp3) is 0.0294. The van der Waals surface area contributed by atoms with E-state index in [-0.39, 0.29) is 18.4 Å². The first-order valence-electron chi connectivity index (χ1n) is 13.3. The lowest BCUT2D eigenvalue weighted by atomic mass is 9.90. The number of nitrogens with one attached hydrogen (secondary N) is 3. The van der Waals surface area contributed by atoms with Gasteiger partial charge in [-0.25, -0.2) is 0 Å². The van der Waals surface area contributed by atoms with Crippen LogP contribution in [-0.2, 0) is 6.54 Å². The molecule has 2 aliphatic rings. The Hall–Kier alpha value is -5.89. The van der Waals surface area contributed by atoms with Crippen molar-refractivity contribution in [1.29, 1.82) is 5.41 Å². The molecule has 4 aromatic carbocycles. The second-order valence-electron chi connectivity index (χ2n) is 9.91. The SMILES string of the molecule is N=c1ccc2c(-c3ccccc3C(=O)NCc3ccc(C(=O)Nc4ccccc4N)cc3)c3ccc(N)cc3oc-2c1. The maximum atomic E-state index is 13.5. The summed E-state index contributed by atoms with van der Waals surface area (Å²) in [5, 5.41) is 15.0. The van der Waals surface area contributed by atoms with Crippen LogP contribution < -0.4 is 27.5 Å². The second-order valence-corrected chi connectivity index (χ2v) is 9.91. The number of nitrogen functional groups attached to an aromatic ring is 2. The third-order valence-corrected chi connectivity index (χ3v) is 7.07. The molecule has 0 saturated carbocycles. The Morgan fingerprint density at radius 2 is 1.52 bits per heavy atom. The van der Waals surface area contributed by atoms with Crippen molar-refractivity contribution in [3.05, 3.63) is 131 Å². The molecule has 8 heteroatoms. The van der Waals surface area contributed by atoms with Gasteiger partial charge in [0.05, 0.1) is 16.7 Å². The van der Waals surface area contributed by atoms with Crippen LogP contribution in [0, 0.1) is 5.41 Å². The number of hydrogen-bond acceptors (Lipinski definition) is 6. The molecule has 42 heavy (non-hydrogen) atoms. The lowest BCUT2D eigenvalue weighted by Crippen LogP contribution is -2.23. The average Bonchev–Trinajstić information content (AvgIpc) is 3.00. The van der Waals surface area contributed by atoms with Crippen molar-refractivity contribution in [3.8, 4) is 22.5 Å². The topological polar surface area (TPSA) is 147 Å². The van der Waals surface area contributed by atoms with Crippen LogP contribution in [0.2, 0.25) is 0 Å². The maximum absolute atomic E-state index is 13.5. The van der Waals surface area contributed by atoms with Gasteiger partial charge >= 0.3 is 0 Å². The first-order valence-corrected chi connectivity index (χ1v) is 13.3. The lowest BCUT2D eigenvalue weighted by Gasteiger charge is -2.18. The van der Waals surface area contributed by atoms with Crippen LogP contribution in [0.15, 0.2) is 114 Å². The van der Waals surface area contributed by atoms with Gasteiger partial charge in [-0.3, -0.25) is 9.59 Å². The molecule has 6 rings (SSSR count). The van der Waals surface area contributed by atoms with Gasteiger partial charge in [0, 0.05) is 52.0 Å². The van der Waals surface area contributed by atoms with Gasteiger partial charge in [-0.15, -0.1) is 0 Å². The number of para-hydroxylation sites is 2. The van der Waals surface area contributed by atoms with Crippen molar-refractivity contribution in [3.63, 3.8) is 0 Å². The van der Waals surface area contributed by atoms with Crippen molar-refractivity contribution >= 4 is 39.8 Å². The second kappa shape index (κ2) is 10.9. The molecule has 0 fully saturated rings. The number of nitrogens with two attached hydrogens (primary N) is 2. The normalized spacial score (nSPS) is 11.0. The number of hydrogen-bond donors (Lipinski definition) is 5. The van der Waals surface area contributed by atoms with Crippen LogP contribution in [0.4, 0.5) is 17.1 Å². The minimum Gasteiger partial charge on any atom is -0.456 e. The van der Waals surface area contributed by atoms with Crippen molar-refractivity contribution in [2.75, 3.05) is 16.8 Å². The molecule has 0 saturated heterocycles. The number of carbonyl (C=O) groups excluding carboxylic acids is 2. The molecule has 206 valence electrons. The molecule has 4 aromatic rings. The van der Waals surface area contributed by atoms with Crippen LogP contribution >= 0.6 is 0 Å². The van der Waals surface area contributed by atoms with E-state index < -0.39 is 0 Å². The summed E-state index contributed by atoms with van der Waals surface area (Å²) in [6.07, 6.45) is 0. The number of fused-ring (bicyclic) bond motifs is 2. The van der Waals surface area contributed by atoms with Crippen LogP contribution in [0.25, 0.3) is 33.4 Å². The van der Waals surface area contributed by atoms with E-state index in [1.807, 2.05) is 30.3 Å². The summed E-state index contributed by atoms with van der Waals surface area (Å²) in [6, 6.07) is 32.1. The molecule has 0 spiro atoms. The van der Waals surface area contributed by atoms with E-state index >= 15 is 0 Å². The van der Waals surface area contributed by atoms with Crippen LogP contribution in [0.1, 0.15) is 26.3 Å². The zero-order valence-corrected chi connectivity index (χ0v) is 22.5. The molecule has 0 atom stereocenters. The number of carbonyl (C=O) groups is 2. The summed E-state index contributed by atoms with van der Waals surface area (Å²) in [5.41, 5.74) is 18.3. The van der Waals surface area contributed by atoms with Gasteiger partial charge in [0.25, 0.3) is 11.8 Å². The Morgan fingerprint density at radius 1 is 0.762 bits per heavy atom. The molecule has 2 amide bonds. The van der Waals surface area contributed by atoms with E-state index in [0.717, 1.165) is 27.6 Å². The predicted molar refractivity (Wildman–Crippen MR) is 165 cm³/mol. The summed E-state index contributed by atoms with van der Waals surface area (Å²) in [5.74, 6) is 0.0114. The van der Waals surface area contributed by atoms with Crippen molar-refractivity contribution in [2.45, 2.75) is 6.54 Å². The van der Waals surface area contributed by atoms with Crippen LogP contribution in [0.5, 0.6) is 0 Å². The third-order valence-electron chi connectivity index (χ3n) is 7.07. The Kier molecular flexibility index (Phi) is 6.86. The van der Waals surface area contributed by atoms with E-state index in [4.69, 9.17) is 21.3 Å². The molecule has 7 N–H and O–H groups in total. The highest BCUT2D eigenvalue weighted by atomic mass is 16.3. The zero-order chi connectivity index (χ0) is 29.2. The van der Waals surface area contributed by atoms with Gasteiger partial charge in [0.2, 0.25) is 0 Å². The Morgan fingerprint density at radius 3 is 2.33 bits per heavy atom. The van der Waals surface area contributed by atoms with E-state index in [0.29, 0.717) is 44.9 Å². The van der Waals surface area contributed by atoms with E-state index in [9.17, 15) is 9.59 Å². The van der Waals surface area contributed by atoms with Crippen molar-refractivity contribution < 1.29 is 14.0 Å². The van der Waals surface area contributed by atoms with Gasteiger partial charge in [-0.2, -0.15) is 0 Å². The summed E-state index contributed by atoms with van der Waals surface area (Å²) in [7, 11) is 0. The number of anilines is 3. The molecule has 0 unspecified atom stereocenters. The Labute approximate surface area is 241 Å². The molecule has 1 aliphatic carbocycles. The van der Waals surface area contributed by atoms with Crippen molar-refractivity contribution in [1.82, 2.24) is 5.32 Å². The summed E-state index contributed by atoms with van der Waals surface area (Å²) < 4.78 is 6.11. The number of amides is 2. The van der Waals surface area contributed by atoms with Crippen molar-refractivity contribution in [2.24, 2.45) is 0 Å². The molecular formula is C34H27N5O3. The largest absolute Gasteiger partial charge is 0.456 e. The molecule has 8 nitrogen and oxygen atoms in total. The summed E-state index contributed by atoms with van der Waals surface area (Å²) >= 11 is 0. The average molecular weight is 554 g/mol. The molecular weight excluding hydrogens is 526 g/mol. The van der Waals surface area contributed by atoms with E-state index in [1.165, 1.54) is 0 Å². The van der Waals surface area contributed by atoms with Gasteiger partial charge < -0.3 is 31.9 Å². The molecule has 1 aliphatic heterocycles.